The number of benzene rings is 1. The first kappa shape index (κ1) is 22.0. The molecule has 2 atom stereocenters. The van der Waals surface area contributed by atoms with Gasteiger partial charge in [0, 0.05) is 6.04 Å². The molecule has 0 aliphatic carbocycles. The molecular formula is C22H27N3O4S. The molecule has 3 rings (SSSR count). The second-order valence-corrected chi connectivity index (χ2v) is 8.03. The number of H-pyrrole nitrogens is 1. The number of aryl methyl sites for hydroxylation is 1. The average molecular weight is 430 g/mol. The standard InChI is InChI=1S/C22H27N3O4S/c1-6-16(14-8-10-15(28-5)11-9-14)23-13(4)19-24-20(26)17-12(3)18(22(27)29-7-2)30-21(17)25-19/h8-11,13,16,23H,6-7H2,1-5H3,(H,24,25,26). The van der Waals surface area contributed by atoms with E-state index in [1.807, 2.05) is 31.2 Å². The van der Waals surface area contributed by atoms with Gasteiger partial charge in [-0.25, -0.2) is 9.78 Å². The minimum Gasteiger partial charge on any atom is -0.497 e. The summed E-state index contributed by atoms with van der Waals surface area (Å²) in [6.45, 7) is 7.85. The normalized spacial score (nSPS) is 13.2. The molecule has 0 radical (unpaired) electrons. The second-order valence-electron chi connectivity index (χ2n) is 7.03. The molecule has 0 aliphatic heterocycles. The number of methoxy groups -OCH3 is 1. The number of carbonyl (C=O) groups excluding carboxylic acids is 1. The van der Waals surface area contributed by atoms with Crippen LogP contribution in [-0.4, -0.2) is 29.7 Å². The van der Waals surface area contributed by atoms with Gasteiger partial charge in [-0.05, 0) is 50.5 Å². The zero-order valence-electron chi connectivity index (χ0n) is 17.9. The van der Waals surface area contributed by atoms with Crippen LogP contribution in [0.25, 0.3) is 10.2 Å². The molecule has 2 N–H and O–H groups in total. The summed E-state index contributed by atoms with van der Waals surface area (Å²) in [5.41, 5.74) is 1.50. The molecule has 160 valence electrons. The summed E-state index contributed by atoms with van der Waals surface area (Å²) in [5.74, 6) is 0.926. The van der Waals surface area contributed by atoms with E-state index in [1.165, 1.54) is 11.3 Å². The molecule has 7 nitrogen and oxygen atoms in total. The first-order valence-corrected chi connectivity index (χ1v) is 10.8. The average Bonchev–Trinajstić information content (AvgIpc) is 3.09. The molecule has 0 spiro atoms. The number of carbonyl (C=O) groups is 1. The van der Waals surface area contributed by atoms with E-state index in [4.69, 9.17) is 9.47 Å². The lowest BCUT2D eigenvalue weighted by Gasteiger charge is -2.22. The molecule has 8 heteroatoms. The Kier molecular flexibility index (Phi) is 6.89. The van der Waals surface area contributed by atoms with E-state index in [2.05, 4.69) is 22.2 Å². The summed E-state index contributed by atoms with van der Waals surface area (Å²) < 4.78 is 10.3. The Morgan fingerprint density at radius 3 is 2.57 bits per heavy atom. The van der Waals surface area contributed by atoms with Crippen molar-refractivity contribution in [2.75, 3.05) is 13.7 Å². The monoisotopic (exact) mass is 429 g/mol. The van der Waals surface area contributed by atoms with Crippen molar-refractivity contribution in [3.63, 3.8) is 0 Å². The Balaban J connectivity index is 1.89. The van der Waals surface area contributed by atoms with Gasteiger partial charge in [-0.15, -0.1) is 11.3 Å². The first-order chi connectivity index (χ1) is 14.4. The fourth-order valence-corrected chi connectivity index (χ4v) is 4.51. The molecule has 3 aromatic rings. The molecule has 0 amide bonds. The second kappa shape index (κ2) is 9.40. The van der Waals surface area contributed by atoms with Crippen molar-refractivity contribution < 1.29 is 14.3 Å². The zero-order valence-corrected chi connectivity index (χ0v) is 18.7. The quantitative estimate of drug-likeness (QED) is 0.519. The van der Waals surface area contributed by atoms with Crippen LogP contribution in [0.15, 0.2) is 29.1 Å². The molecule has 2 unspecified atom stereocenters. The van der Waals surface area contributed by atoms with Gasteiger partial charge in [0.2, 0.25) is 0 Å². The number of esters is 1. The topological polar surface area (TPSA) is 93.3 Å². The summed E-state index contributed by atoms with van der Waals surface area (Å²) in [5, 5.41) is 3.98. The van der Waals surface area contributed by atoms with Crippen LogP contribution in [-0.2, 0) is 4.74 Å². The van der Waals surface area contributed by atoms with Crippen molar-refractivity contribution in [1.82, 2.24) is 15.3 Å². The summed E-state index contributed by atoms with van der Waals surface area (Å²) in [4.78, 5) is 33.4. The number of aromatic amines is 1. The van der Waals surface area contributed by atoms with Crippen molar-refractivity contribution in [2.24, 2.45) is 0 Å². The zero-order chi connectivity index (χ0) is 21.8. The lowest BCUT2D eigenvalue weighted by Crippen LogP contribution is -2.27. The summed E-state index contributed by atoms with van der Waals surface area (Å²) in [6.07, 6.45) is 0.869. The number of ether oxygens (including phenoxy) is 2. The van der Waals surface area contributed by atoms with Gasteiger partial charge in [0.25, 0.3) is 5.56 Å². The third-order valence-corrected chi connectivity index (χ3v) is 6.23. The molecule has 1 aromatic carbocycles. The third kappa shape index (κ3) is 4.39. The number of nitrogens with zero attached hydrogens (tertiary/aromatic N) is 1. The lowest BCUT2D eigenvalue weighted by atomic mass is 10.0. The van der Waals surface area contributed by atoms with E-state index in [-0.39, 0.29) is 24.2 Å². The highest BCUT2D eigenvalue weighted by atomic mass is 32.1. The number of hydrogen-bond acceptors (Lipinski definition) is 7. The van der Waals surface area contributed by atoms with Crippen LogP contribution in [0.1, 0.15) is 65.9 Å². The van der Waals surface area contributed by atoms with Crippen LogP contribution < -0.4 is 15.6 Å². The van der Waals surface area contributed by atoms with Crippen LogP contribution in [0.5, 0.6) is 5.75 Å². The van der Waals surface area contributed by atoms with Crippen LogP contribution in [0.4, 0.5) is 0 Å². The molecule has 0 bridgehead atoms. The highest BCUT2D eigenvalue weighted by Gasteiger charge is 2.22. The molecule has 2 aromatic heterocycles. The van der Waals surface area contributed by atoms with E-state index in [0.717, 1.165) is 17.7 Å². The Hall–Kier alpha value is -2.71. The van der Waals surface area contributed by atoms with E-state index >= 15 is 0 Å². The molecule has 0 aliphatic rings. The maximum absolute atomic E-state index is 12.7. The van der Waals surface area contributed by atoms with E-state index in [9.17, 15) is 9.59 Å². The highest BCUT2D eigenvalue weighted by Crippen LogP contribution is 2.29. The molecule has 0 fully saturated rings. The van der Waals surface area contributed by atoms with E-state index < -0.39 is 5.97 Å². The van der Waals surface area contributed by atoms with Gasteiger partial charge >= 0.3 is 5.97 Å². The van der Waals surface area contributed by atoms with Gasteiger partial charge in [-0.2, -0.15) is 0 Å². The van der Waals surface area contributed by atoms with Gasteiger partial charge in [0.1, 0.15) is 21.3 Å². The van der Waals surface area contributed by atoms with Crippen molar-refractivity contribution in [3.8, 4) is 5.75 Å². The summed E-state index contributed by atoms with van der Waals surface area (Å²) in [6, 6.07) is 7.82. The van der Waals surface area contributed by atoms with E-state index in [1.54, 1.807) is 21.0 Å². The van der Waals surface area contributed by atoms with Crippen molar-refractivity contribution in [1.29, 1.82) is 0 Å². The maximum atomic E-state index is 12.7. The lowest BCUT2D eigenvalue weighted by molar-refractivity contribution is 0.0531. The summed E-state index contributed by atoms with van der Waals surface area (Å²) in [7, 11) is 1.64. The third-order valence-electron chi connectivity index (χ3n) is 5.07. The minimum atomic E-state index is -0.421. The minimum absolute atomic E-state index is 0.0899. The molecule has 30 heavy (non-hydrogen) atoms. The number of hydrogen-bond donors (Lipinski definition) is 2. The van der Waals surface area contributed by atoms with E-state index in [0.29, 0.717) is 26.5 Å². The van der Waals surface area contributed by atoms with Gasteiger partial charge in [0.05, 0.1) is 25.1 Å². The Morgan fingerprint density at radius 2 is 1.97 bits per heavy atom. The highest BCUT2D eigenvalue weighted by molar-refractivity contribution is 7.20. The number of nitrogens with one attached hydrogen (secondary N) is 2. The number of rotatable bonds is 8. The predicted octanol–water partition coefficient (Wildman–Crippen LogP) is 4.28. The SMILES string of the molecule is CCOC(=O)c1sc2nc(C(C)NC(CC)c3ccc(OC)cc3)[nH]c(=O)c2c1C. The maximum Gasteiger partial charge on any atom is 0.348 e. The molecule has 2 heterocycles. The number of aromatic nitrogens is 2. The molecular weight excluding hydrogens is 402 g/mol. The fraction of sp³-hybridized carbons (Fsp3) is 0.409. The Bertz CT molecular complexity index is 1090. The van der Waals surface area contributed by atoms with Crippen LogP contribution in [0.3, 0.4) is 0 Å². The number of thiophene rings is 1. The van der Waals surface area contributed by atoms with Crippen LogP contribution >= 0.6 is 11.3 Å². The first-order valence-electron chi connectivity index (χ1n) is 9.99. The Morgan fingerprint density at radius 1 is 1.27 bits per heavy atom. The van der Waals surface area contributed by atoms with Crippen LogP contribution in [0.2, 0.25) is 0 Å². The molecule has 0 saturated carbocycles. The van der Waals surface area contributed by atoms with Gasteiger partial charge in [-0.3, -0.25) is 4.79 Å². The van der Waals surface area contributed by atoms with Crippen molar-refractivity contribution in [3.05, 3.63) is 56.4 Å². The smallest absolute Gasteiger partial charge is 0.348 e. The molecule has 0 saturated heterocycles. The van der Waals surface area contributed by atoms with Crippen molar-refractivity contribution >= 4 is 27.5 Å². The van der Waals surface area contributed by atoms with Crippen LogP contribution in [0, 0.1) is 6.92 Å². The van der Waals surface area contributed by atoms with Crippen molar-refractivity contribution in [2.45, 2.75) is 46.2 Å². The summed E-state index contributed by atoms with van der Waals surface area (Å²) >= 11 is 1.20. The fourth-order valence-electron chi connectivity index (χ4n) is 3.42. The van der Waals surface area contributed by atoms with Gasteiger partial charge in [-0.1, -0.05) is 19.1 Å². The predicted molar refractivity (Wildman–Crippen MR) is 119 cm³/mol. The van der Waals surface area contributed by atoms with Gasteiger partial charge < -0.3 is 19.8 Å². The Labute approximate surface area is 179 Å². The largest absolute Gasteiger partial charge is 0.497 e. The number of fused-ring (bicyclic) bond motifs is 1. The van der Waals surface area contributed by atoms with Gasteiger partial charge in [0.15, 0.2) is 0 Å².